The Morgan fingerprint density at radius 3 is 2.10 bits per heavy atom. The highest BCUT2D eigenvalue weighted by molar-refractivity contribution is 5.96. The van der Waals surface area contributed by atoms with E-state index in [0.717, 1.165) is 5.56 Å². The van der Waals surface area contributed by atoms with Crippen LogP contribution in [0.5, 0.6) is 5.75 Å². The Balaban J connectivity index is 1.93. The molecule has 0 bridgehead atoms. The molecule has 2 N–H and O–H groups in total. The Morgan fingerprint density at radius 2 is 1.55 bits per heavy atom. The second kappa shape index (κ2) is 10.1. The lowest BCUT2D eigenvalue weighted by molar-refractivity contribution is -0.144. The summed E-state index contributed by atoms with van der Waals surface area (Å²) in [5.74, 6) is -0.841. The summed E-state index contributed by atoms with van der Waals surface area (Å²) >= 11 is 0. The van der Waals surface area contributed by atoms with E-state index in [0.29, 0.717) is 17.9 Å². The van der Waals surface area contributed by atoms with Crippen LogP contribution >= 0.6 is 0 Å². The molecule has 0 saturated carbocycles. The third-order valence-electron chi connectivity index (χ3n) is 4.53. The maximum Gasteiger partial charge on any atom is 0.408 e. The van der Waals surface area contributed by atoms with E-state index in [1.807, 2.05) is 30.3 Å². The van der Waals surface area contributed by atoms with Crippen LogP contribution in [0.3, 0.4) is 0 Å². The van der Waals surface area contributed by atoms with Crippen molar-refractivity contribution in [2.75, 3.05) is 0 Å². The first-order chi connectivity index (χ1) is 14.5. The number of hydrogen-bond donors (Lipinski definition) is 2. The van der Waals surface area contributed by atoms with Gasteiger partial charge in [-0.1, -0.05) is 30.3 Å². The zero-order valence-corrected chi connectivity index (χ0v) is 18.3. The summed E-state index contributed by atoms with van der Waals surface area (Å²) in [6.07, 6.45) is -0.972. The Labute approximate surface area is 182 Å². The Bertz CT molecular complexity index is 902. The van der Waals surface area contributed by atoms with Gasteiger partial charge in [0.15, 0.2) is 5.78 Å². The second-order valence-corrected chi connectivity index (χ2v) is 8.49. The van der Waals surface area contributed by atoms with Crippen molar-refractivity contribution in [2.24, 2.45) is 0 Å². The normalized spacial score (nSPS) is 13.0. The number of carboxylic acid groups (broad SMARTS) is 1. The van der Waals surface area contributed by atoms with E-state index in [-0.39, 0.29) is 18.6 Å². The van der Waals surface area contributed by atoms with Crippen LogP contribution in [0.1, 0.15) is 56.5 Å². The predicted octanol–water partition coefficient (Wildman–Crippen LogP) is 4.60. The van der Waals surface area contributed by atoms with E-state index >= 15 is 0 Å². The standard InChI is InChI=1S/C24H29NO6/c1-23(2,3)31-22(29)25-24(4,21(27)28)15-14-20(26)18-10-12-19(13-11-18)30-16-17-8-6-5-7-9-17/h5-13H,14-16H2,1-4H3,(H,25,29)(H,27,28)/t24-/m0/s1. The molecule has 0 fully saturated rings. The molecule has 0 radical (unpaired) electrons. The van der Waals surface area contributed by atoms with Gasteiger partial charge in [0.05, 0.1) is 0 Å². The molecule has 0 aromatic heterocycles. The van der Waals surface area contributed by atoms with Gasteiger partial charge in [-0.2, -0.15) is 0 Å². The smallest absolute Gasteiger partial charge is 0.408 e. The van der Waals surface area contributed by atoms with Gasteiger partial charge in [0.1, 0.15) is 23.5 Å². The summed E-state index contributed by atoms with van der Waals surface area (Å²) in [6.45, 7) is 6.82. The molecule has 0 aliphatic rings. The minimum Gasteiger partial charge on any atom is -0.489 e. The molecule has 7 heteroatoms. The van der Waals surface area contributed by atoms with Gasteiger partial charge in [0.2, 0.25) is 0 Å². The number of Topliss-reactive ketones (excluding diaryl/α,β-unsaturated/α-hetero) is 1. The first kappa shape index (κ1) is 23.9. The largest absolute Gasteiger partial charge is 0.489 e. The van der Waals surface area contributed by atoms with E-state index in [1.54, 1.807) is 45.0 Å². The fourth-order valence-electron chi connectivity index (χ4n) is 2.74. The molecule has 0 unspecified atom stereocenters. The number of carbonyl (C=O) groups excluding carboxylic acids is 2. The van der Waals surface area contributed by atoms with Crippen molar-refractivity contribution < 1.29 is 29.0 Å². The molecule has 0 spiro atoms. The molecular weight excluding hydrogens is 398 g/mol. The molecule has 2 rings (SSSR count). The number of aliphatic carboxylic acids is 1. The number of ketones is 1. The Hall–Kier alpha value is -3.35. The molecule has 0 heterocycles. The Kier molecular flexibility index (Phi) is 7.80. The highest BCUT2D eigenvalue weighted by Crippen LogP contribution is 2.20. The summed E-state index contributed by atoms with van der Waals surface area (Å²) in [4.78, 5) is 36.2. The number of nitrogens with one attached hydrogen (secondary N) is 1. The lowest BCUT2D eigenvalue weighted by Crippen LogP contribution is -2.53. The molecule has 2 aromatic rings. The third kappa shape index (κ3) is 7.77. The van der Waals surface area contributed by atoms with Gasteiger partial charge in [-0.25, -0.2) is 9.59 Å². The number of alkyl carbamates (subject to hydrolysis) is 1. The van der Waals surface area contributed by atoms with Crippen LogP contribution in [0.15, 0.2) is 54.6 Å². The summed E-state index contributed by atoms with van der Waals surface area (Å²) < 4.78 is 10.8. The summed E-state index contributed by atoms with van der Waals surface area (Å²) in [5, 5.41) is 11.9. The number of ether oxygens (including phenoxy) is 2. The summed E-state index contributed by atoms with van der Waals surface area (Å²) in [7, 11) is 0. The third-order valence-corrected chi connectivity index (χ3v) is 4.53. The van der Waals surface area contributed by atoms with Crippen LogP contribution in [0.4, 0.5) is 4.79 Å². The quantitative estimate of drug-likeness (QED) is 0.567. The van der Waals surface area contributed by atoms with Gasteiger partial charge in [0.25, 0.3) is 0 Å². The topological polar surface area (TPSA) is 102 Å². The fourth-order valence-corrected chi connectivity index (χ4v) is 2.74. The first-order valence-corrected chi connectivity index (χ1v) is 10.0. The van der Waals surface area contributed by atoms with Crippen LogP contribution in [-0.2, 0) is 16.1 Å². The molecule has 1 atom stereocenters. The van der Waals surface area contributed by atoms with Crippen molar-refractivity contribution >= 4 is 17.8 Å². The van der Waals surface area contributed by atoms with Gasteiger partial charge in [-0.15, -0.1) is 0 Å². The van der Waals surface area contributed by atoms with Crippen LogP contribution in [-0.4, -0.2) is 34.1 Å². The van der Waals surface area contributed by atoms with Crippen LogP contribution < -0.4 is 10.1 Å². The van der Waals surface area contributed by atoms with Gasteiger partial charge in [0, 0.05) is 12.0 Å². The minimum absolute atomic E-state index is 0.0528. The van der Waals surface area contributed by atoms with Crippen LogP contribution in [0.25, 0.3) is 0 Å². The number of carbonyl (C=O) groups is 3. The zero-order valence-electron chi connectivity index (χ0n) is 18.3. The van der Waals surface area contributed by atoms with E-state index in [1.165, 1.54) is 6.92 Å². The summed E-state index contributed by atoms with van der Waals surface area (Å²) in [5.41, 5.74) is -0.912. The second-order valence-electron chi connectivity index (χ2n) is 8.49. The molecule has 0 aliphatic heterocycles. The van der Waals surface area contributed by atoms with E-state index < -0.39 is 23.2 Å². The maximum atomic E-state index is 12.5. The maximum absolute atomic E-state index is 12.5. The lowest BCUT2D eigenvalue weighted by Gasteiger charge is -2.28. The molecule has 7 nitrogen and oxygen atoms in total. The molecule has 0 saturated heterocycles. The van der Waals surface area contributed by atoms with Crippen molar-refractivity contribution in [3.63, 3.8) is 0 Å². The monoisotopic (exact) mass is 427 g/mol. The van der Waals surface area contributed by atoms with Crippen molar-refractivity contribution in [3.05, 3.63) is 65.7 Å². The van der Waals surface area contributed by atoms with E-state index in [2.05, 4.69) is 5.32 Å². The highest BCUT2D eigenvalue weighted by Gasteiger charge is 2.36. The molecule has 2 aromatic carbocycles. The van der Waals surface area contributed by atoms with Crippen LogP contribution in [0.2, 0.25) is 0 Å². The molecular formula is C24H29NO6. The van der Waals surface area contributed by atoms with Gasteiger partial charge >= 0.3 is 12.1 Å². The van der Waals surface area contributed by atoms with E-state index in [4.69, 9.17) is 9.47 Å². The average molecular weight is 427 g/mol. The molecule has 0 aliphatic carbocycles. The lowest BCUT2D eigenvalue weighted by atomic mass is 9.93. The average Bonchev–Trinajstić information content (AvgIpc) is 2.70. The number of carboxylic acids is 1. The first-order valence-electron chi connectivity index (χ1n) is 10.0. The Morgan fingerprint density at radius 1 is 0.935 bits per heavy atom. The molecule has 31 heavy (non-hydrogen) atoms. The molecule has 166 valence electrons. The minimum atomic E-state index is -1.63. The van der Waals surface area contributed by atoms with Gasteiger partial charge < -0.3 is 19.9 Å². The fraction of sp³-hybridized carbons (Fsp3) is 0.375. The van der Waals surface area contributed by atoms with E-state index in [9.17, 15) is 19.5 Å². The number of hydrogen-bond acceptors (Lipinski definition) is 5. The van der Waals surface area contributed by atoms with Crippen molar-refractivity contribution in [3.8, 4) is 5.75 Å². The van der Waals surface area contributed by atoms with Crippen LogP contribution in [0, 0.1) is 0 Å². The van der Waals surface area contributed by atoms with Crippen molar-refractivity contribution in [1.82, 2.24) is 5.32 Å². The summed E-state index contributed by atoms with van der Waals surface area (Å²) in [6, 6.07) is 16.4. The zero-order chi connectivity index (χ0) is 23.1. The SMILES string of the molecule is CC(C)(C)OC(=O)N[C@@](C)(CCC(=O)c1ccc(OCc2ccccc2)cc1)C(=O)O. The predicted molar refractivity (Wildman–Crippen MR) is 116 cm³/mol. The van der Waals surface area contributed by atoms with Crippen molar-refractivity contribution in [1.29, 1.82) is 0 Å². The van der Waals surface area contributed by atoms with Gasteiger partial charge in [-0.05, 0) is 63.9 Å². The number of rotatable bonds is 9. The number of amides is 1. The highest BCUT2D eigenvalue weighted by atomic mass is 16.6. The van der Waals surface area contributed by atoms with Crippen molar-refractivity contribution in [2.45, 2.75) is 58.3 Å². The van der Waals surface area contributed by atoms with Gasteiger partial charge in [-0.3, -0.25) is 4.79 Å². The molecule has 1 amide bonds. The number of benzene rings is 2.